The van der Waals surface area contributed by atoms with Crippen molar-refractivity contribution in [2.45, 2.75) is 13.8 Å². The van der Waals surface area contributed by atoms with E-state index >= 15 is 0 Å². The number of nitrogens with zero attached hydrogens (tertiary/aromatic N) is 1. The van der Waals surface area contributed by atoms with Gasteiger partial charge in [-0.25, -0.2) is 0 Å². The van der Waals surface area contributed by atoms with Gasteiger partial charge in [0.15, 0.2) is 0 Å². The molecule has 0 saturated carbocycles. The molecule has 2 rings (SSSR count). The summed E-state index contributed by atoms with van der Waals surface area (Å²) in [6, 6.07) is 12.7. The van der Waals surface area contributed by atoms with Crippen LogP contribution in [0.15, 0.2) is 46.9 Å². The van der Waals surface area contributed by atoms with Gasteiger partial charge in [-0.3, -0.25) is 14.5 Å². The van der Waals surface area contributed by atoms with Gasteiger partial charge in [0.25, 0.3) is 0 Å². The summed E-state index contributed by atoms with van der Waals surface area (Å²) in [6.07, 6.45) is 0. The van der Waals surface area contributed by atoms with Gasteiger partial charge >= 0.3 is 0 Å². The van der Waals surface area contributed by atoms with Crippen molar-refractivity contribution in [3.05, 3.63) is 52.5 Å². The van der Waals surface area contributed by atoms with Crippen LogP contribution in [-0.4, -0.2) is 25.5 Å². The second-order valence-electron chi connectivity index (χ2n) is 5.29. The zero-order valence-electron chi connectivity index (χ0n) is 13.8. The van der Waals surface area contributed by atoms with Crippen LogP contribution in [0.3, 0.4) is 0 Å². The lowest BCUT2D eigenvalue weighted by Crippen LogP contribution is -2.36. The van der Waals surface area contributed by atoms with E-state index in [1.807, 2.05) is 31.2 Å². The molecule has 0 unspecified atom stereocenters. The van der Waals surface area contributed by atoms with E-state index in [1.54, 1.807) is 18.2 Å². The number of para-hydroxylation sites is 2. The molecular formula is C18H19BrN2O3. The molecule has 0 aliphatic rings. The number of hydrogen-bond donors (Lipinski definition) is 1. The molecule has 0 aromatic heterocycles. The number of carbonyl (C=O) groups excluding carboxylic acids is 2. The quantitative estimate of drug-likeness (QED) is 0.845. The van der Waals surface area contributed by atoms with Crippen molar-refractivity contribution in [3.8, 4) is 5.75 Å². The molecule has 1 N–H and O–H groups in total. The maximum absolute atomic E-state index is 12.3. The van der Waals surface area contributed by atoms with Crippen LogP contribution >= 0.6 is 15.9 Å². The Morgan fingerprint density at radius 3 is 2.54 bits per heavy atom. The van der Waals surface area contributed by atoms with Gasteiger partial charge in [0, 0.05) is 17.1 Å². The predicted octanol–water partition coefficient (Wildman–Crippen LogP) is 3.76. The van der Waals surface area contributed by atoms with Gasteiger partial charge in [-0.15, -0.1) is 0 Å². The largest absolute Gasteiger partial charge is 0.495 e. The van der Waals surface area contributed by atoms with E-state index < -0.39 is 0 Å². The number of amides is 2. The molecule has 0 aliphatic carbocycles. The third-order valence-corrected chi connectivity index (χ3v) is 4.37. The smallest absolute Gasteiger partial charge is 0.244 e. The fourth-order valence-electron chi connectivity index (χ4n) is 2.23. The Morgan fingerprint density at radius 1 is 1.21 bits per heavy atom. The first-order chi connectivity index (χ1) is 11.4. The highest BCUT2D eigenvalue weighted by Gasteiger charge is 2.19. The van der Waals surface area contributed by atoms with Crippen LogP contribution in [0.4, 0.5) is 11.4 Å². The highest BCUT2D eigenvalue weighted by Crippen LogP contribution is 2.28. The molecular weight excluding hydrogens is 372 g/mol. The maximum Gasteiger partial charge on any atom is 0.244 e. The van der Waals surface area contributed by atoms with E-state index in [1.165, 1.54) is 18.9 Å². The highest BCUT2D eigenvalue weighted by atomic mass is 79.9. The number of anilines is 2. The topological polar surface area (TPSA) is 58.6 Å². The molecule has 5 nitrogen and oxygen atoms in total. The first kappa shape index (κ1) is 18.0. The van der Waals surface area contributed by atoms with Crippen LogP contribution in [0.5, 0.6) is 5.75 Å². The zero-order valence-corrected chi connectivity index (χ0v) is 15.4. The highest BCUT2D eigenvalue weighted by molar-refractivity contribution is 9.10. The van der Waals surface area contributed by atoms with E-state index in [9.17, 15) is 9.59 Å². The Kier molecular flexibility index (Phi) is 5.98. The predicted molar refractivity (Wildman–Crippen MR) is 98.5 cm³/mol. The van der Waals surface area contributed by atoms with Gasteiger partial charge in [0.1, 0.15) is 12.3 Å². The van der Waals surface area contributed by atoms with Crippen LogP contribution in [-0.2, 0) is 9.59 Å². The molecule has 2 aromatic carbocycles. The third-order valence-electron chi connectivity index (χ3n) is 3.51. The number of aryl methyl sites for hydroxylation is 1. The number of nitrogens with one attached hydrogen (secondary N) is 1. The Labute approximate surface area is 149 Å². The SMILES string of the molecule is COc1ccccc1N(CC(=O)Nc1ccc(C)c(Br)c1)C(C)=O. The number of carbonyl (C=O) groups is 2. The summed E-state index contributed by atoms with van der Waals surface area (Å²) in [5.41, 5.74) is 2.31. The molecule has 0 saturated heterocycles. The number of benzene rings is 2. The lowest BCUT2D eigenvalue weighted by molar-refractivity contribution is -0.120. The Bertz CT molecular complexity index is 762. The average Bonchev–Trinajstić information content (AvgIpc) is 2.56. The van der Waals surface area contributed by atoms with Crippen molar-refractivity contribution in [2.75, 3.05) is 23.9 Å². The fraction of sp³-hybridized carbons (Fsp3) is 0.222. The fourth-order valence-corrected chi connectivity index (χ4v) is 2.61. The Balaban J connectivity index is 2.17. The molecule has 2 aromatic rings. The number of rotatable bonds is 5. The van der Waals surface area contributed by atoms with E-state index in [-0.39, 0.29) is 18.4 Å². The van der Waals surface area contributed by atoms with Crippen LogP contribution < -0.4 is 15.0 Å². The molecule has 2 amide bonds. The minimum atomic E-state index is -0.285. The van der Waals surface area contributed by atoms with Crippen molar-refractivity contribution in [2.24, 2.45) is 0 Å². The molecule has 0 spiro atoms. The minimum Gasteiger partial charge on any atom is -0.495 e. The molecule has 0 aliphatic heterocycles. The van der Waals surface area contributed by atoms with Crippen LogP contribution in [0, 0.1) is 6.92 Å². The van der Waals surface area contributed by atoms with E-state index in [4.69, 9.17) is 4.74 Å². The van der Waals surface area contributed by atoms with Crippen LogP contribution in [0.1, 0.15) is 12.5 Å². The minimum absolute atomic E-state index is 0.0960. The van der Waals surface area contributed by atoms with Gasteiger partial charge in [0.05, 0.1) is 12.8 Å². The molecule has 0 atom stereocenters. The summed E-state index contributed by atoms with van der Waals surface area (Å²) >= 11 is 3.43. The van der Waals surface area contributed by atoms with Crippen molar-refractivity contribution >= 4 is 39.1 Å². The summed E-state index contributed by atoms with van der Waals surface area (Å²) in [5, 5.41) is 2.80. The van der Waals surface area contributed by atoms with E-state index in [2.05, 4.69) is 21.2 Å². The number of hydrogen-bond acceptors (Lipinski definition) is 3. The summed E-state index contributed by atoms with van der Waals surface area (Å²) < 4.78 is 6.18. The second-order valence-corrected chi connectivity index (χ2v) is 6.14. The lowest BCUT2D eigenvalue weighted by atomic mass is 10.2. The third kappa shape index (κ3) is 4.35. The molecule has 0 fully saturated rings. The number of ether oxygens (including phenoxy) is 1. The molecule has 6 heteroatoms. The zero-order chi connectivity index (χ0) is 17.7. The Hall–Kier alpha value is -2.34. The molecule has 24 heavy (non-hydrogen) atoms. The van der Waals surface area contributed by atoms with Crippen molar-refractivity contribution in [1.82, 2.24) is 0 Å². The van der Waals surface area contributed by atoms with Gasteiger partial charge in [0.2, 0.25) is 11.8 Å². The summed E-state index contributed by atoms with van der Waals surface area (Å²) in [4.78, 5) is 25.7. The molecule has 0 heterocycles. The number of methoxy groups -OCH3 is 1. The van der Waals surface area contributed by atoms with Gasteiger partial charge < -0.3 is 10.1 Å². The summed E-state index contributed by atoms with van der Waals surface area (Å²) in [6.45, 7) is 3.29. The summed E-state index contributed by atoms with van der Waals surface area (Å²) in [5.74, 6) is 0.0187. The van der Waals surface area contributed by atoms with E-state index in [0.29, 0.717) is 17.1 Å². The van der Waals surface area contributed by atoms with E-state index in [0.717, 1.165) is 10.0 Å². The van der Waals surface area contributed by atoms with Gasteiger partial charge in [-0.2, -0.15) is 0 Å². The van der Waals surface area contributed by atoms with Crippen molar-refractivity contribution in [3.63, 3.8) is 0 Å². The van der Waals surface area contributed by atoms with Gasteiger partial charge in [-0.05, 0) is 36.8 Å². The van der Waals surface area contributed by atoms with Crippen molar-refractivity contribution in [1.29, 1.82) is 0 Å². The standard InChI is InChI=1S/C18H19BrN2O3/c1-12-8-9-14(10-15(12)19)20-18(23)11-21(13(2)22)16-6-4-5-7-17(16)24-3/h4-10H,11H2,1-3H3,(H,20,23). The second kappa shape index (κ2) is 7.97. The normalized spacial score (nSPS) is 10.2. The first-order valence-corrected chi connectivity index (χ1v) is 8.18. The molecule has 0 radical (unpaired) electrons. The van der Waals surface area contributed by atoms with Crippen molar-refractivity contribution < 1.29 is 14.3 Å². The van der Waals surface area contributed by atoms with Gasteiger partial charge in [-0.1, -0.05) is 34.1 Å². The molecule has 0 bridgehead atoms. The summed E-state index contributed by atoms with van der Waals surface area (Å²) in [7, 11) is 1.53. The molecule has 126 valence electrons. The Morgan fingerprint density at radius 2 is 1.92 bits per heavy atom. The van der Waals surface area contributed by atoms with Crippen LogP contribution in [0.25, 0.3) is 0 Å². The monoisotopic (exact) mass is 390 g/mol. The first-order valence-electron chi connectivity index (χ1n) is 7.39. The van der Waals surface area contributed by atoms with Crippen LogP contribution in [0.2, 0.25) is 0 Å². The number of halogens is 1. The maximum atomic E-state index is 12.3. The lowest BCUT2D eigenvalue weighted by Gasteiger charge is -2.22. The average molecular weight is 391 g/mol.